The van der Waals surface area contributed by atoms with E-state index in [0.29, 0.717) is 24.6 Å². The lowest BCUT2D eigenvalue weighted by molar-refractivity contribution is 0.294. The molecule has 0 radical (unpaired) electrons. The van der Waals surface area contributed by atoms with Crippen LogP contribution in [0.1, 0.15) is 12.0 Å². The summed E-state index contributed by atoms with van der Waals surface area (Å²) in [6, 6.07) is 12.6. The number of sulfonamides is 1. The smallest absolute Gasteiger partial charge is 0.273 e. The molecule has 0 spiro atoms. The van der Waals surface area contributed by atoms with Gasteiger partial charge in [-0.2, -0.15) is 5.10 Å². The van der Waals surface area contributed by atoms with Gasteiger partial charge in [0.15, 0.2) is 5.76 Å². The lowest BCUT2D eigenvalue weighted by Gasteiger charge is -2.14. The van der Waals surface area contributed by atoms with Crippen molar-refractivity contribution in [3.8, 4) is 17.2 Å². The molecule has 1 aliphatic heterocycles. The number of benzene rings is 1. The number of rotatable bonds is 5. The molecule has 1 atom stereocenters. The van der Waals surface area contributed by atoms with E-state index in [4.69, 9.17) is 9.15 Å². The van der Waals surface area contributed by atoms with Crippen LogP contribution in [0.5, 0.6) is 5.75 Å². The Morgan fingerprint density at radius 2 is 2.08 bits per heavy atom. The highest BCUT2D eigenvalue weighted by Gasteiger charge is 2.23. The van der Waals surface area contributed by atoms with E-state index < -0.39 is 10.0 Å². The molecule has 2 aromatic heterocycles. The lowest BCUT2D eigenvalue weighted by Crippen LogP contribution is -2.30. The van der Waals surface area contributed by atoms with Crippen LogP contribution in [0.3, 0.4) is 0 Å². The number of aromatic nitrogens is 2. The Morgan fingerprint density at radius 3 is 2.92 bits per heavy atom. The van der Waals surface area contributed by atoms with E-state index >= 15 is 0 Å². The average Bonchev–Trinajstić information content (AvgIpc) is 3.28. The van der Waals surface area contributed by atoms with Crippen molar-refractivity contribution >= 4 is 10.0 Å². The zero-order valence-corrected chi connectivity index (χ0v) is 14.8. The fourth-order valence-electron chi connectivity index (χ4n) is 3.04. The number of fused-ring (bicyclic) bond motifs is 1. The molecule has 4 rings (SSSR count). The molecule has 0 fully saturated rings. The van der Waals surface area contributed by atoms with Crippen LogP contribution in [0.2, 0.25) is 0 Å². The highest BCUT2D eigenvalue weighted by atomic mass is 32.2. The van der Waals surface area contributed by atoms with Gasteiger partial charge in [-0.25, -0.2) is 13.1 Å². The van der Waals surface area contributed by atoms with E-state index in [1.165, 1.54) is 6.07 Å². The summed E-state index contributed by atoms with van der Waals surface area (Å²) < 4.78 is 38.9. The number of aromatic amines is 1. The Morgan fingerprint density at radius 1 is 1.19 bits per heavy atom. The second-order valence-electron chi connectivity index (χ2n) is 6.26. The lowest BCUT2D eigenvalue weighted by atomic mass is 9.97. The first-order valence-corrected chi connectivity index (χ1v) is 9.90. The van der Waals surface area contributed by atoms with Crippen molar-refractivity contribution in [3.05, 3.63) is 54.2 Å². The van der Waals surface area contributed by atoms with Crippen molar-refractivity contribution in [2.75, 3.05) is 13.2 Å². The van der Waals surface area contributed by atoms with Crippen LogP contribution in [0.15, 0.2) is 58.2 Å². The number of hydrogen-bond donors (Lipinski definition) is 2. The number of nitrogens with one attached hydrogen (secondary N) is 2. The maximum absolute atomic E-state index is 12.5. The van der Waals surface area contributed by atoms with Gasteiger partial charge in [0, 0.05) is 12.7 Å². The fourth-order valence-corrected chi connectivity index (χ4v) is 4.08. The van der Waals surface area contributed by atoms with Gasteiger partial charge in [-0.15, -0.1) is 0 Å². The molecule has 1 aliphatic rings. The molecule has 2 N–H and O–H groups in total. The second kappa shape index (κ2) is 6.97. The summed E-state index contributed by atoms with van der Waals surface area (Å²) in [6.45, 7) is 0.911. The number of ether oxygens (including phenoxy) is 1. The van der Waals surface area contributed by atoms with Crippen LogP contribution in [0.4, 0.5) is 0 Å². The van der Waals surface area contributed by atoms with E-state index in [1.807, 2.05) is 24.3 Å². The van der Waals surface area contributed by atoms with Crippen LogP contribution < -0.4 is 9.46 Å². The van der Waals surface area contributed by atoms with Gasteiger partial charge in [0.05, 0.1) is 6.61 Å². The van der Waals surface area contributed by atoms with Crippen LogP contribution in [-0.2, 0) is 16.4 Å². The van der Waals surface area contributed by atoms with Crippen molar-refractivity contribution < 1.29 is 17.6 Å². The molecule has 8 heteroatoms. The molecule has 0 aliphatic carbocycles. The summed E-state index contributed by atoms with van der Waals surface area (Å²) >= 11 is 0. The zero-order chi connectivity index (χ0) is 18.0. The molecule has 7 nitrogen and oxygen atoms in total. The van der Waals surface area contributed by atoms with Crippen molar-refractivity contribution in [1.82, 2.24) is 14.9 Å². The standard InChI is InChI=1S/C18H19N3O4S/c22-26(23,18-6-5-17(25-18)15-7-9-19-21-15)20-12-13-8-10-24-16-4-2-1-3-14(16)11-13/h1-7,9,13,20H,8,10-12H2,(H,19,21)/t13-/m1/s1. The minimum Gasteiger partial charge on any atom is -0.493 e. The number of H-pyrrole nitrogens is 1. The summed E-state index contributed by atoms with van der Waals surface area (Å²) in [5.41, 5.74) is 1.73. The molecule has 1 aromatic carbocycles. The highest BCUT2D eigenvalue weighted by molar-refractivity contribution is 7.89. The van der Waals surface area contributed by atoms with Gasteiger partial charge < -0.3 is 9.15 Å². The van der Waals surface area contributed by atoms with Crippen molar-refractivity contribution in [2.45, 2.75) is 17.9 Å². The summed E-state index contributed by atoms with van der Waals surface area (Å²) in [5, 5.41) is 6.47. The van der Waals surface area contributed by atoms with Crippen molar-refractivity contribution in [3.63, 3.8) is 0 Å². The van der Waals surface area contributed by atoms with Crippen LogP contribution in [0.25, 0.3) is 11.5 Å². The van der Waals surface area contributed by atoms with Crippen molar-refractivity contribution in [1.29, 1.82) is 0 Å². The first kappa shape index (κ1) is 16.9. The van der Waals surface area contributed by atoms with Gasteiger partial charge in [-0.1, -0.05) is 18.2 Å². The van der Waals surface area contributed by atoms with E-state index in [0.717, 1.165) is 24.2 Å². The van der Waals surface area contributed by atoms with Gasteiger partial charge in [0.1, 0.15) is 11.4 Å². The largest absolute Gasteiger partial charge is 0.493 e. The topological polar surface area (TPSA) is 97.2 Å². The number of para-hydroxylation sites is 1. The number of nitrogens with zero attached hydrogens (tertiary/aromatic N) is 1. The summed E-state index contributed by atoms with van der Waals surface area (Å²) in [6.07, 6.45) is 3.14. The Bertz CT molecular complexity index is 980. The predicted molar refractivity (Wildman–Crippen MR) is 95.2 cm³/mol. The van der Waals surface area contributed by atoms with E-state index in [-0.39, 0.29) is 11.0 Å². The maximum Gasteiger partial charge on any atom is 0.273 e. The zero-order valence-electron chi connectivity index (χ0n) is 14.0. The third-order valence-electron chi connectivity index (χ3n) is 4.44. The third kappa shape index (κ3) is 3.51. The van der Waals surface area contributed by atoms with Gasteiger partial charge in [-0.3, -0.25) is 5.10 Å². The number of furan rings is 1. The molecule has 136 valence electrons. The second-order valence-corrected chi connectivity index (χ2v) is 7.95. The van der Waals surface area contributed by atoms with Gasteiger partial charge in [0.25, 0.3) is 10.0 Å². The summed E-state index contributed by atoms with van der Waals surface area (Å²) in [7, 11) is -3.71. The number of hydrogen-bond acceptors (Lipinski definition) is 5. The predicted octanol–water partition coefficient (Wildman–Crippen LogP) is 2.59. The maximum atomic E-state index is 12.5. The normalized spacial score (nSPS) is 17.3. The molecule has 3 aromatic rings. The third-order valence-corrected chi connectivity index (χ3v) is 5.74. The van der Waals surface area contributed by atoms with E-state index in [2.05, 4.69) is 14.9 Å². The van der Waals surface area contributed by atoms with Gasteiger partial charge in [0.2, 0.25) is 5.09 Å². The van der Waals surface area contributed by atoms with E-state index in [1.54, 1.807) is 18.3 Å². The van der Waals surface area contributed by atoms with Gasteiger partial charge >= 0.3 is 0 Å². The van der Waals surface area contributed by atoms with Crippen molar-refractivity contribution in [2.24, 2.45) is 5.92 Å². The Hall–Kier alpha value is -2.58. The molecule has 0 bridgehead atoms. The Labute approximate surface area is 151 Å². The summed E-state index contributed by atoms with van der Waals surface area (Å²) in [4.78, 5) is 0. The molecule has 0 saturated carbocycles. The molecular formula is C18H19N3O4S. The van der Waals surface area contributed by atoms with Crippen LogP contribution >= 0.6 is 0 Å². The molecule has 3 heterocycles. The quantitative estimate of drug-likeness (QED) is 0.716. The molecule has 26 heavy (non-hydrogen) atoms. The van der Waals surface area contributed by atoms with Crippen LogP contribution in [-0.4, -0.2) is 31.8 Å². The molecular weight excluding hydrogens is 354 g/mol. The van der Waals surface area contributed by atoms with Crippen LogP contribution in [0, 0.1) is 5.92 Å². The average molecular weight is 373 g/mol. The first-order chi connectivity index (χ1) is 12.6. The molecule has 0 amide bonds. The monoisotopic (exact) mass is 373 g/mol. The Kier molecular flexibility index (Phi) is 4.52. The fraction of sp³-hybridized carbons (Fsp3) is 0.278. The SMILES string of the molecule is O=S(=O)(NC[C@@H]1CCOc2ccccc2C1)c1ccc(-c2ccn[nH]2)o1. The molecule has 0 unspecified atom stereocenters. The molecule has 0 saturated heterocycles. The van der Waals surface area contributed by atoms with E-state index in [9.17, 15) is 8.42 Å². The first-order valence-electron chi connectivity index (χ1n) is 8.42. The van der Waals surface area contributed by atoms with Gasteiger partial charge in [-0.05, 0) is 48.6 Å². The highest BCUT2D eigenvalue weighted by Crippen LogP contribution is 2.27. The minimum atomic E-state index is -3.71. The minimum absolute atomic E-state index is 0.104. The summed E-state index contributed by atoms with van der Waals surface area (Å²) in [5.74, 6) is 1.48. The Balaban J connectivity index is 1.44.